The lowest BCUT2D eigenvalue weighted by Gasteiger charge is -2.23. The van der Waals surface area contributed by atoms with Crippen LogP contribution in [0.5, 0.6) is 0 Å². The molecule has 10 nitrogen and oxygen atoms in total. The Morgan fingerprint density at radius 1 is 1.09 bits per heavy atom. The third-order valence-electron chi connectivity index (χ3n) is 2.97. The molecule has 0 bridgehead atoms. The maximum absolute atomic E-state index is 12.2. The highest BCUT2D eigenvalue weighted by molar-refractivity contribution is 6.99. The fourth-order valence-corrected chi connectivity index (χ4v) is 2.85. The molecule has 0 aromatic carbocycles. The van der Waals surface area contributed by atoms with Crippen LogP contribution in [0.15, 0.2) is 0 Å². The molecular weight excluding hydrogens is 344 g/mol. The van der Waals surface area contributed by atoms with Gasteiger partial charge in [-0.25, -0.2) is 4.79 Å². The van der Waals surface area contributed by atoms with E-state index >= 15 is 0 Å². The van der Waals surface area contributed by atoms with E-state index in [1.807, 2.05) is 0 Å². The van der Waals surface area contributed by atoms with E-state index in [0.29, 0.717) is 16.3 Å². The summed E-state index contributed by atoms with van der Waals surface area (Å²) < 4.78 is 15.3. The lowest BCUT2D eigenvalue weighted by molar-refractivity contribution is 0.0737. The summed E-state index contributed by atoms with van der Waals surface area (Å²) in [5, 5.41) is 9.25. The Labute approximate surface area is 138 Å². The molecule has 1 amide bonds. The standard InChI is InChI=1S/C11H12N6O4S2/c1-4-7(15-22-13-4)6(18)3-17(11(20)21)10(12)9(19)8-5(2)14-23-16-8/h10H,3,12H2,1-2H3,(H,20,21). The van der Waals surface area contributed by atoms with Gasteiger partial charge in [0.2, 0.25) is 11.6 Å². The van der Waals surface area contributed by atoms with Crippen LogP contribution in [-0.4, -0.2) is 57.9 Å². The second-order valence-corrected chi connectivity index (χ2v) is 5.60. The normalized spacial score (nSPS) is 12.0. The van der Waals surface area contributed by atoms with Crippen LogP contribution < -0.4 is 5.73 Å². The van der Waals surface area contributed by atoms with Gasteiger partial charge in [0.1, 0.15) is 17.6 Å². The minimum atomic E-state index is -1.56. The van der Waals surface area contributed by atoms with E-state index in [4.69, 9.17) is 5.73 Å². The van der Waals surface area contributed by atoms with Crippen molar-refractivity contribution in [2.45, 2.75) is 20.0 Å². The molecule has 0 fully saturated rings. The Kier molecular flexibility index (Phi) is 5.08. The molecule has 1 unspecified atom stereocenters. The monoisotopic (exact) mass is 356 g/mol. The molecule has 0 aliphatic carbocycles. The van der Waals surface area contributed by atoms with Gasteiger partial charge in [0, 0.05) is 0 Å². The van der Waals surface area contributed by atoms with Crippen molar-refractivity contribution >= 4 is 41.1 Å². The van der Waals surface area contributed by atoms with Crippen molar-refractivity contribution in [3.05, 3.63) is 22.8 Å². The van der Waals surface area contributed by atoms with Crippen LogP contribution in [-0.2, 0) is 0 Å². The molecule has 2 rings (SSSR count). The molecule has 0 radical (unpaired) electrons. The predicted molar refractivity (Wildman–Crippen MR) is 80.7 cm³/mol. The van der Waals surface area contributed by atoms with Crippen molar-refractivity contribution in [1.82, 2.24) is 22.4 Å². The number of hydrogen-bond donors (Lipinski definition) is 2. The Balaban J connectivity index is 2.20. The number of amides is 1. The zero-order valence-corrected chi connectivity index (χ0v) is 13.7. The number of carbonyl (C=O) groups is 3. The summed E-state index contributed by atoms with van der Waals surface area (Å²) in [5.41, 5.74) is 6.51. The second-order valence-electron chi connectivity index (χ2n) is 4.54. The van der Waals surface area contributed by atoms with Crippen LogP contribution in [0.4, 0.5) is 4.79 Å². The summed E-state index contributed by atoms with van der Waals surface area (Å²) in [6.07, 6.45) is -3.06. The van der Waals surface area contributed by atoms with Crippen LogP contribution in [0.1, 0.15) is 32.4 Å². The molecule has 23 heavy (non-hydrogen) atoms. The Bertz CT molecular complexity index is 757. The molecule has 12 heteroatoms. The molecule has 3 N–H and O–H groups in total. The molecule has 1 atom stereocenters. The van der Waals surface area contributed by atoms with Gasteiger partial charge < -0.3 is 10.8 Å². The molecule has 2 heterocycles. The third-order valence-corrected chi connectivity index (χ3v) is 4.21. The van der Waals surface area contributed by atoms with E-state index in [-0.39, 0.29) is 11.4 Å². The van der Waals surface area contributed by atoms with Crippen LogP contribution in [0.2, 0.25) is 0 Å². The van der Waals surface area contributed by atoms with Gasteiger partial charge in [-0.2, -0.15) is 17.5 Å². The quantitative estimate of drug-likeness (QED) is 0.551. The summed E-state index contributed by atoms with van der Waals surface area (Å²) in [4.78, 5) is 36.3. The first-order valence-corrected chi connectivity index (χ1v) is 7.69. The zero-order valence-electron chi connectivity index (χ0n) is 12.1. The van der Waals surface area contributed by atoms with Gasteiger partial charge in [-0.1, -0.05) is 0 Å². The number of hydrogen-bond acceptors (Lipinski definition) is 10. The van der Waals surface area contributed by atoms with E-state index in [1.165, 1.54) is 0 Å². The lowest BCUT2D eigenvalue weighted by Crippen LogP contribution is -2.52. The third kappa shape index (κ3) is 3.55. The number of rotatable bonds is 6. The molecule has 2 aromatic rings. The van der Waals surface area contributed by atoms with Gasteiger partial charge in [0.15, 0.2) is 0 Å². The molecular formula is C11H12N6O4S2. The number of nitrogens with zero attached hydrogens (tertiary/aromatic N) is 5. The molecule has 0 saturated heterocycles. The van der Waals surface area contributed by atoms with E-state index in [9.17, 15) is 19.5 Å². The van der Waals surface area contributed by atoms with Crippen molar-refractivity contribution < 1.29 is 19.5 Å². The topological polar surface area (TPSA) is 152 Å². The summed E-state index contributed by atoms with van der Waals surface area (Å²) in [7, 11) is 0. The highest BCUT2D eigenvalue weighted by Gasteiger charge is 2.32. The van der Waals surface area contributed by atoms with Crippen molar-refractivity contribution in [3.63, 3.8) is 0 Å². The highest BCUT2D eigenvalue weighted by atomic mass is 32.1. The number of aryl methyl sites for hydroxylation is 2. The van der Waals surface area contributed by atoms with Gasteiger partial charge >= 0.3 is 6.09 Å². The summed E-state index contributed by atoms with van der Waals surface area (Å²) in [6, 6.07) is 0. The van der Waals surface area contributed by atoms with E-state index in [0.717, 1.165) is 23.5 Å². The molecule has 0 spiro atoms. The molecule has 0 aliphatic rings. The molecule has 122 valence electrons. The van der Waals surface area contributed by atoms with Crippen LogP contribution >= 0.6 is 23.5 Å². The second kappa shape index (κ2) is 6.85. The average molecular weight is 356 g/mol. The maximum Gasteiger partial charge on any atom is 0.409 e. The van der Waals surface area contributed by atoms with Crippen molar-refractivity contribution in [3.8, 4) is 0 Å². The first kappa shape index (κ1) is 17.1. The van der Waals surface area contributed by atoms with Crippen molar-refractivity contribution in [2.75, 3.05) is 6.54 Å². The van der Waals surface area contributed by atoms with Gasteiger partial charge in [-0.3, -0.25) is 14.5 Å². The SMILES string of the molecule is Cc1nsnc1C(=O)CN(C(=O)O)C(N)C(=O)c1nsnc1C. The predicted octanol–water partition coefficient (Wildman–Crippen LogP) is 0.337. The molecule has 2 aromatic heterocycles. The number of carbonyl (C=O) groups excluding carboxylic acids is 2. The van der Waals surface area contributed by atoms with Crippen LogP contribution in [0, 0.1) is 13.8 Å². The van der Waals surface area contributed by atoms with Gasteiger partial charge in [0.25, 0.3) is 0 Å². The first-order chi connectivity index (χ1) is 10.8. The van der Waals surface area contributed by atoms with Crippen molar-refractivity contribution in [1.29, 1.82) is 0 Å². The maximum atomic E-state index is 12.2. The first-order valence-electron chi connectivity index (χ1n) is 6.23. The fraction of sp³-hybridized carbons (Fsp3) is 0.364. The average Bonchev–Trinajstić information content (AvgIpc) is 3.11. The minimum absolute atomic E-state index is 0.00676. The van der Waals surface area contributed by atoms with E-state index in [2.05, 4.69) is 17.5 Å². The Morgan fingerprint density at radius 3 is 2.04 bits per heavy atom. The Hall–Kier alpha value is -2.31. The summed E-state index contributed by atoms with van der Waals surface area (Å²) >= 11 is 1.66. The minimum Gasteiger partial charge on any atom is -0.465 e. The van der Waals surface area contributed by atoms with Crippen LogP contribution in [0.25, 0.3) is 0 Å². The lowest BCUT2D eigenvalue weighted by atomic mass is 10.1. The number of Topliss-reactive ketones (excluding diaryl/α,β-unsaturated/α-hetero) is 2. The molecule has 0 saturated carbocycles. The molecule has 0 aliphatic heterocycles. The Morgan fingerprint density at radius 2 is 1.61 bits per heavy atom. The van der Waals surface area contributed by atoms with E-state index in [1.54, 1.807) is 13.8 Å². The highest BCUT2D eigenvalue weighted by Crippen LogP contribution is 2.11. The summed E-state index contributed by atoms with van der Waals surface area (Å²) in [6.45, 7) is 2.53. The van der Waals surface area contributed by atoms with Crippen molar-refractivity contribution in [2.24, 2.45) is 5.73 Å². The number of nitrogens with two attached hydrogens (primary N) is 1. The number of carboxylic acid groups (broad SMARTS) is 1. The van der Waals surface area contributed by atoms with E-state index < -0.39 is 30.4 Å². The number of ketones is 2. The largest absolute Gasteiger partial charge is 0.465 e. The zero-order chi connectivity index (χ0) is 17.1. The van der Waals surface area contributed by atoms with Crippen LogP contribution in [0.3, 0.4) is 0 Å². The van der Waals surface area contributed by atoms with Gasteiger partial charge in [0.05, 0.1) is 41.4 Å². The fourth-order valence-electron chi connectivity index (χ4n) is 1.74. The number of aromatic nitrogens is 4. The smallest absolute Gasteiger partial charge is 0.409 e. The van der Waals surface area contributed by atoms with Gasteiger partial charge in [-0.05, 0) is 13.8 Å². The van der Waals surface area contributed by atoms with Gasteiger partial charge in [-0.15, -0.1) is 0 Å². The summed E-state index contributed by atoms with van der Waals surface area (Å²) in [5.74, 6) is -1.31.